The van der Waals surface area contributed by atoms with Crippen molar-refractivity contribution in [2.24, 2.45) is 0 Å². The van der Waals surface area contributed by atoms with Crippen molar-refractivity contribution in [1.82, 2.24) is 4.90 Å². The SMILES string of the molecule is Cc1ccc(C(C(C=O)Nc2ccccc2N)N2CCC(O)CC2)cc1. The van der Waals surface area contributed by atoms with Crippen LogP contribution in [-0.4, -0.2) is 41.5 Å². The van der Waals surface area contributed by atoms with Crippen LogP contribution in [0.25, 0.3) is 0 Å². The van der Waals surface area contributed by atoms with Gasteiger partial charge < -0.3 is 21.0 Å². The van der Waals surface area contributed by atoms with Crippen LogP contribution in [0, 0.1) is 6.92 Å². The van der Waals surface area contributed by atoms with E-state index in [0.29, 0.717) is 5.69 Å². The van der Waals surface area contributed by atoms with Gasteiger partial charge in [0.15, 0.2) is 0 Å². The molecule has 4 N–H and O–H groups in total. The molecule has 0 spiro atoms. The molecule has 0 aromatic heterocycles. The Morgan fingerprint density at radius 3 is 2.42 bits per heavy atom. The van der Waals surface area contributed by atoms with Gasteiger partial charge >= 0.3 is 0 Å². The van der Waals surface area contributed by atoms with Gasteiger partial charge in [0.05, 0.1) is 23.5 Å². The molecule has 138 valence electrons. The number of hydrogen-bond acceptors (Lipinski definition) is 5. The largest absolute Gasteiger partial charge is 0.397 e. The van der Waals surface area contributed by atoms with Crippen molar-refractivity contribution in [1.29, 1.82) is 0 Å². The Morgan fingerprint density at radius 1 is 1.15 bits per heavy atom. The number of nitrogens with two attached hydrogens (primary N) is 1. The van der Waals surface area contributed by atoms with Crippen LogP contribution in [0.1, 0.15) is 30.0 Å². The molecular weight excluding hydrogens is 326 g/mol. The molecule has 3 rings (SSSR count). The van der Waals surface area contributed by atoms with E-state index in [1.807, 2.05) is 24.3 Å². The van der Waals surface area contributed by atoms with Gasteiger partial charge in [-0.2, -0.15) is 0 Å². The van der Waals surface area contributed by atoms with E-state index in [-0.39, 0.29) is 12.1 Å². The number of nitrogens with zero attached hydrogens (tertiary/aromatic N) is 1. The van der Waals surface area contributed by atoms with Gasteiger partial charge in [0.1, 0.15) is 12.3 Å². The third-order valence-corrected chi connectivity index (χ3v) is 5.08. The third kappa shape index (κ3) is 4.23. The monoisotopic (exact) mass is 353 g/mol. The lowest BCUT2D eigenvalue weighted by atomic mass is 9.94. The summed E-state index contributed by atoms with van der Waals surface area (Å²) in [5, 5.41) is 13.2. The number of aldehydes is 1. The molecule has 0 bridgehead atoms. The second-order valence-electron chi connectivity index (χ2n) is 7.02. The minimum atomic E-state index is -0.433. The molecule has 1 saturated heterocycles. The molecule has 0 saturated carbocycles. The van der Waals surface area contributed by atoms with Gasteiger partial charge in [-0.05, 0) is 37.5 Å². The zero-order valence-corrected chi connectivity index (χ0v) is 15.1. The van der Waals surface area contributed by atoms with Crippen molar-refractivity contribution in [2.75, 3.05) is 24.1 Å². The summed E-state index contributed by atoms with van der Waals surface area (Å²) in [4.78, 5) is 14.3. The Kier molecular flexibility index (Phi) is 5.91. The lowest BCUT2D eigenvalue weighted by molar-refractivity contribution is -0.110. The minimum Gasteiger partial charge on any atom is -0.397 e. The highest BCUT2D eigenvalue weighted by molar-refractivity contribution is 5.73. The van der Waals surface area contributed by atoms with E-state index >= 15 is 0 Å². The van der Waals surface area contributed by atoms with E-state index in [2.05, 4.69) is 41.4 Å². The number of nitrogens with one attached hydrogen (secondary N) is 1. The van der Waals surface area contributed by atoms with Crippen LogP contribution in [0.3, 0.4) is 0 Å². The highest BCUT2D eigenvalue weighted by Crippen LogP contribution is 2.30. The first kappa shape index (κ1) is 18.4. The Morgan fingerprint density at radius 2 is 1.81 bits per heavy atom. The van der Waals surface area contributed by atoms with Crippen LogP contribution in [0.2, 0.25) is 0 Å². The number of aliphatic hydroxyl groups excluding tert-OH is 1. The van der Waals surface area contributed by atoms with Gasteiger partial charge in [0.2, 0.25) is 0 Å². The van der Waals surface area contributed by atoms with Crippen molar-refractivity contribution in [3.63, 3.8) is 0 Å². The summed E-state index contributed by atoms with van der Waals surface area (Å²) in [6, 6.07) is 15.2. The molecule has 2 aromatic rings. The second-order valence-corrected chi connectivity index (χ2v) is 7.02. The van der Waals surface area contributed by atoms with Crippen molar-refractivity contribution in [3.8, 4) is 0 Å². The highest BCUT2D eigenvalue weighted by atomic mass is 16.3. The van der Waals surface area contributed by atoms with Crippen molar-refractivity contribution < 1.29 is 9.90 Å². The Bertz CT molecular complexity index is 724. The summed E-state index contributed by atoms with van der Waals surface area (Å²) >= 11 is 0. The molecule has 0 amide bonds. The van der Waals surface area contributed by atoms with Crippen molar-refractivity contribution in [3.05, 3.63) is 59.7 Å². The molecule has 0 aliphatic carbocycles. The van der Waals surface area contributed by atoms with Crippen molar-refractivity contribution >= 4 is 17.7 Å². The second kappa shape index (κ2) is 8.34. The zero-order valence-electron chi connectivity index (χ0n) is 15.1. The zero-order chi connectivity index (χ0) is 18.5. The van der Waals surface area contributed by atoms with Gasteiger partial charge in [-0.1, -0.05) is 42.0 Å². The Labute approximate surface area is 154 Å². The molecule has 26 heavy (non-hydrogen) atoms. The van der Waals surface area contributed by atoms with Crippen LogP contribution in [0.5, 0.6) is 0 Å². The number of aliphatic hydroxyl groups is 1. The quantitative estimate of drug-likeness (QED) is 0.550. The van der Waals surface area contributed by atoms with Gasteiger partial charge in [0, 0.05) is 13.1 Å². The smallest absolute Gasteiger partial charge is 0.144 e. The van der Waals surface area contributed by atoms with Crippen LogP contribution in [0.4, 0.5) is 11.4 Å². The van der Waals surface area contributed by atoms with Crippen LogP contribution in [-0.2, 0) is 4.79 Å². The van der Waals surface area contributed by atoms with E-state index in [1.54, 1.807) is 0 Å². The minimum absolute atomic E-state index is 0.111. The fraction of sp³-hybridized carbons (Fsp3) is 0.381. The van der Waals surface area contributed by atoms with Crippen LogP contribution < -0.4 is 11.1 Å². The Balaban J connectivity index is 1.90. The van der Waals surface area contributed by atoms with Crippen molar-refractivity contribution in [2.45, 2.75) is 38.0 Å². The number of anilines is 2. The summed E-state index contributed by atoms with van der Waals surface area (Å²) < 4.78 is 0. The number of carbonyl (C=O) groups excluding carboxylic acids is 1. The Hall–Kier alpha value is -2.37. The van der Waals surface area contributed by atoms with Gasteiger partial charge in [-0.25, -0.2) is 0 Å². The van der Waals surface area contributed by atoms with Gasteiger partial charge in [-0.3, -0.25) is 4.90 Å². The standard InChI is InChI=1S/C21H27N3O2/c1-15-6-8-16(9-7-15)21(24-12-10-17(26)11-13-24)20(14-25)23-19-5-3-2-4-18(19)22/h2-9,14,17,20-21,23,26H,10-13,22H2,1H3. The summed E-state index contributed by atoms with van der Waals surface area (Å²) in [6.45, 7) is 3.57. The summed E-state index contributed by atoms with van der Waals surface area (Å²) in [5.41, 5.74) is 9.71. The molecule has 2 unspecified atom stereocenters. The number of aryl methyl sites for hydroxylation is 1. The topological polar surface area (TPSA) is 78.6 Å². The molecule has 2 aromatic carbocycles. The number of carbonyl (C=O) groups is 1. The molecule has 2 atom stereocenters. The number of nitrogen functional groups attached to an aromatic ring is 1. The average Bonchev–Trinajstić information content (AvgIpc) is 2.65. The first-order valence-corrected chi connectivity index (χ1v) is 9.13. The average molecular weight is 353 g/mol. The van der Waals surface area contributed by atoms with E-state index in [9.17, 15) is 9.90 Å². The summed E-state index contributed by atoms with van der Waals surface area (Å²) in [5.74, 6) is 0. The number of rotatable bonds is 6. The molecule has 1 aliphatic heterocycles. The third-order valence-electron chi connectivity index (χ3n) is 5.08. The van der Waals surface area contributed by atoms with Crippen LogP contribution in [0.15, 0.2) is 48.5 Å². The molecular formula is C21H27N3O2. The lowest BCUT2D eigenvalue weighted by Crippen LogP contribution is -2.46. The van der Waals surface area contributed by atoms with E-state index < -0.39 is 6.04 Å². The maximum absolute atomic E-state index is 12.0. The molecule has 1 fully saturated rings. The summed E-state index contributed by atoms with van der Waals surface area (Å²) in [7, 11) is 0. The molecule has 5 heteroatoms. The van der Waals surface area contributed by atoms with Crippen LogP contribution >= 0.6 is 0 Å². The first-order valence-electron chi connectivity index (χ1n) is 9.13. The first-order chi connectivity index (χ1) is 12.6. The van der Waals surface area contributed by atoms with Gasteiger partial charge in [-0.15, -0.1) is 0 Å². The number of hydrogen-bond donors (Lipinski definition) is 3. The fourth-order valence-corrected chi connectivity index (χ4v) is 3.57. The lowest BCUT2D eigenvalue weighted by Gasteiger charge is -2.39. The number of likely N-dealkylation sites (tertiary alicyclic amines) is 1. The number of para-hydroxylation sites is 2. The molecule has 1 aliphatic rings. The molecule has 0 radical (unpaired) electrons. The van der Waals surface area contributed by atoms with E-state index in [4.69, 9.17) is 5.73 Å². The van der Waals surface area contributed by atoms with E-state index in [0.717, 1.165) is 43.5 Å². The van der Waals surface area contributed by atoms with Gasteiger partial charge in [0.25, 0.3) is 0 Å². The fourth-order valence-electron chi connectivity index (χ4n) is 3.57. The predicted octanol–water partition coefficient (Wildman–Crippen LogP) is 2.75. The normalized spacial score (nSPS) is 18.2. The molecule has 5 nitrogen and oxygen atoms in total. The number of piperidine rings is 1. The molecule has 1 heterocycles. The maximum atomic E-state index is 12.0. The number of benzene rings is 2. The highest BCUT2D eigenvalue weighted by Gasteiger charge is 2.31. The maximum Gasteiger partial charge on any atom is 0.144 e. The predicted molar refractivity (Wildman–Crippen MR) is 105 cm³/mol. The van der Waals surface area contributed by atoms with E-state index in [1.165, 1.54) is 5.56 Å². The summed E-state index contributed by atoms with van der Waals surface area (Å²) in [6.07, 6.45) is 2.16.